The van der Waals surface area contributed by atoms with Crippen LogP contribution >= 0.6 is 0 Å². The molecule has 4 nitrogen and oxygen atoms in total. The molecule has 0 unspecified atom stereocenters. The molecule has 0 fully saturated rings. The quantitative estimate of drug-likeness (QED) is 0.412. The molecule has 0 heterocycles. The second-order valence-corrected chi connectivity index (χ2v) is 4.25. The van der Waals surface area contributed by atoms with E-state index >= 15 is 0 Å². The zero-order valence-electron chi connectivity index (χ0n) is 10.3. The summed E-state index contributed by atoms with van der Waals surface area (Å²) >= 11 is 0. The number of fused-ring (bicyclic) bond motifs is 3. The lowest BCUT2D eigenvalue weighted by Gasteiger charge is -2.03. The number of methoxy groups -OCH3 is 1. The summed E-state index contributed by atoms with van der Waals surface area (Å²) in [5.74, 6) is -0.406. The first-order valence-corrected chi connectivity index (χ1v) is 5.81. The predicted molar refractivity (Wildman–Crippen MR) is 70.6 cm³/mol. The summed E-state index contributed by atoms with van der Waals surface area (Å²) in [4.78, 5) is 11.6. The second-order valence-electron chi connectivity index (χ2n) is 4.25. The Bertz CT molecular complexity index is 704. The van der Waals surface area contributed by atoms with Gasteiger partial charge in [-0.3, -0.25) is 0 Å². The molecule has 0 spiro atoms. The maximum Gasteiger partial charge on any atom is 0.337 e. The van der Waals surface area contributed by atoms with Crippen LogP contribution in [0.25, 0.3) is 11.1 Å². The molecule has 0 atom stereocenters. The van der Waals surface area contributed by atoms with Gasteiger partial charge in [0.15, 0.2) is 0 Å². The van der Waals surface area contributed by atoms with Gasteiger partial charge in [-0.25, -0.2) is 4.79 Å². The molecule has 19 heavy (non-hydrogen) atoms. The van der Waals surface area contributed by atoms with E-state index in [1.54, 1.807) is 12.1 Å². The number of benzene rings is 2. The number of rotatable bonds is 1. The molecule has 0 aliphatic heterocycles. The van der Waals surface area contributed by atoms with Gasteiger partial charge in [-0.15, -0.1) is 0 Å². The number of hydrogen-bond acceptors (Lipinski definition) is 4. The van der Waals surface area contributed by atoms with Gasteiger partial charge >= 0.3 is 5.97 Å². The lowest BCUT2D eigenvalue weighted by Crippen LogP contribution is -2.04. The van der Waals surface area contributed by atoms with E-state index in [0.29, 0.717) is 11.3 Å². The van der Waals surface area contributed by atoms with Gasteiger partial charge in [-0.1, -0.05) is 35.5 Å². The molecule has 3 rings (SSSR count). The van der Waals surface area contributed by atoms with Crippen LogP contribution < -0.4 is 0 Å². The van der Waals surface area contributed by atoms with E-state index in [2.05, 4.69) is 5.16 Å². The van der Waals surface area contributed by atoms with Crippen molar-refractivity contribution in [1.29, 1.82) is 0 Å². The average molecular weight is 253 g/mol. The summed E-state index contributed by atoms with van der Waals surface area (Å²) in [7, 11) is 1.34. The Kier molecular flexibility index (Phi) is 2.56. The van der Waals surface area contributed by atoms with E-state index in [1.807, 2.05) is 30.3 Å². The van der Waals surface area contributed by atoms with E-state index in [-0.39, 0.29) is 0 Å². The number of esters is 1. The molecule has 4 heteroatoms. The molecule has 0 saturated carbocycles. The summed E-state index contributed by atoms with van der Waals surface area (Å²) in [6, 6.07) is 12.9. The average Bonchev–Trinajstić information content (AvgIpc) is 2.79. The first-order valence-electron chi connectivity index (χ1n) is 5.81. The molecule has 2 aromatic carbocycles. The molecule has 0 bridgehead atoms. The number of nitrogens with zero attached hydrogens (tertiary/aromatic N) is 1. The fourth-order valence-corrected chi connectivity index (χ4v) is 2.40. The number of ether oxygens (including phenoxy) is 1. The smallest absolute Gasteiger partial charge is 0.337 e. The first-order chi connectivity index (χ1) is 9.26. The van der Waals surface area contributed by atoms with E-state index in [0.717, 1.165) is 22.3 Å². The van der Waals surface area contributed by atoms with Crippen LogP contribution in [0.4, 0.5) is 0 Å². The second kappa shape index (κ2) is 4.24. The van der Waals surface area contributed by atoms with Crippen LogP contribution in [0, 0.1) is 0 Å². The zero-order chi connectivity index (χ0) is 13.4. The van der Waals surface area contributed by atoms with Gasteiger partial charge in [0.2, 0.25) is 0 Å². The topological polar surface area (TPSA) is 58.9 Å². The Labute approximate surface area is 109 Å². The van der Waals surface area contributed by atoms with Crippen molar-refractivity contribution in [1.82, 2.24) is 0 Å². The van der Waals surface area contributed by atoms with Crippen molar-refractivity contribution >= 4 is 11.7 Å². The van der Waals surface area contributed by atoms with E-state index in [9.17, 15) is 10.0 Å². The standard InChI is InChI=1S/C15H11NO3/c1-19-15(17)9-6-7-11-10-4-2-3-5-12(10)14(16-18)13(11)8-9/h2-8,18H,1H3/b16-14-. The van der Waals surface area contributed by atoms with Gasteiger partial charge < -0.3 is 9.94 Å². The lowest BCUT2D eigenvalue weighted by molar-refractivity contribution is 0.0600. The summed E-state index contributed by atoms with van der Waals surface area (Å²) in [5, 5.41) is 12.6. The third-order valence-corrected chi connectivity index (χ3v) is 3.27. The van der Waals surface area contributed by atoms with Gasteiger partial charge in [0.25, 0.3) is 0 Å². The highest BCUT2D eigenvalue weighted by molar-refractivity contribution is 6.24. The maximum atomic E-state index is 11.6. The van der Waals surface area contributed by atoms with Crippen molar-refractivity contribution in [3.05, 3.63) is 59.2 Å². The highest BCUT2D eigenvalue weighted by atomic mass is 16.5. The van der Waals surface area contributed by atoms with Crippen LogP contribution in [0.2, 0.25) is 0 Å². The van der Waals surface area contributed by atoms with Crippen molar-refractivity contribution in [3.63, 3.8) is 0 Å². The van der Waals surface area contributed by atoms with Gasteiger partial charge in [0.1, 0.15) is 5.71 Å². The monoisotopic (exact) mass is 253 g/mol. The molecular formula is C15H11NO3. The van der Waals surface area contributed by atoms with Gasteiger partial charge in [0.05, 0.1) is 12.7 Å². The Morgan fingerprint density at radius 2 is 1.74 bits per heavy atom. The van der Waals surface area contributed by atoms with Crippen LogP contribution in [0.1, 0.15) is 21.5 Å². The molecule has 1 aliphatic rings. The lowest BCUT2D eigenvalue weighted by atomic mass is 10.0. The molecule has 2 aromatic rings. The molecule has 0 saturated heterocycles. The van der Waals surface area contributed by atoms with E-state index < -0.39 is 5.97 Å². The molecule has 0 radical (unpaired) electrons. The Hall–Kier alpha value is -2.62. The van der Waals surface area contributed by atoms with Crippen LogP contribution in [0.5, 0.6) is 0 Å². The maximum absolute atomic E-state index is 11.6. The molecule has 0 aromatic heterocycles. The predicted octanol–water partition coefficient (Wildman–Crippen LogP) is 2.68. The molecule has 94 valence electrons. The van der Waals surface area contributed by atoms with Gasteiger partial charge in [-0.05, 0) is 23.3 Å². The highest BCUT2D eigenvalue weighted by Crippen LogP contribution is 2.37. The molecule has 0 amide bonds. The number of carbonyl (C=O) groups is 1. The minimum atomic E-state index is -0.406. The largest absolute Gasteiger partial charge is 0.465 e. The summed E-state index contributed by atoms with van der Waals surface area (Å²) in [5.41, 5.74) is 4.48. The van der Waals surface area contributed by atoms with Gasteiger partial charge in [-0.2, -0.15) is 0 Å². The van der Waals surface area contributed by atoms with Crippen molar-refractivity contribution in [2.24, 2.45) is 5.16 Å². The Balaban J connectivity index is 2.24. The third kappa shape index (κ3) is 1.61. The normalized spacial score (nSPS) is 14.1. The minimum absolute atomic E-state index is 0.406. The Morgan fingerprint density at radius 1 is 1.05 bits per heavy atom. The summed E-state index contributed by atoms with van der Waals surface area (Å²) in [6.07, 6.45) is 0. The number of hydrogen-bond donors (Lipinski definition) is 1. The molecular weight excluding hydrogens is 242 g/mol. The Morgan fingerprint density at radius 3 is 2.42 bits per heavy atom. The number of oxime groups is 1. The van der Waals surface area contributed by atoms with Crippen LogP contribution in [-0.2, 0) is 4.74 Å². The van der Waals surface area contributed by atoms with Gasteiger partial charge in [0, 0.05) is 11.1 Å². The van der Waals surface area contributed by atoms with Crippen molar-refractivity contribution in [2.45, 2.75) is 0 Å². The van der Waals surface area contributed by atoms with Crippen molar-refractivity contribution in [2.75, 3.05) is 7.11 Å². The first kappa shape index (κ1) is 11.5. The fourth-order valence-electron chi connectivity index (χ4n) is 2.40. The van der Waals surface area contributed by atoms with E-state index in [1.165, 1.54) is 7.11 Å². The van der Waals surface area contributed by atoms with Crippen molar-refractivity contribution in [3.8, 4) is 11.1 Å². The highest BCUT2D eigenvalue weighted by Gasteiger charge is 2.26. The van der Waals surface area contributed by atoms with Crippen LogP contribution in [-0.4, -0.2) is 24.0 Å². The SMILES string of the molecule is COC(=O)c1ccc2c(c1)/C(=N\O)c1ccccc1-2. The molecule has 1 aliphatic carbocycles. The summed E-state index contributed by atoms with van der Waals surface area (Å²) < 4.78 is 4.70. The third-order valence-electron chi connectivity index (χ3n) is 3.27. The number of carbonyl (C=O) groups excluding carboxylic acids is 1. The zero-order valence-corrected chi connectivity index (χ0v) is 10.3. The summed E-state index contributed by atoms with van der Waals surface area (Å²) in [6.45, 7) is 0. The van der Waals surface area contributed by atoms with E-state index in [4.69, 9.17) is 4.74 Å². The fraction of sp³-hybridized carbons (Fsp3) is 0.0667. The van der Waals surface area contributed by atoms with Crippen LogP contribution in [0.15, 0.2) is 47.6 Å². The van der Waals surface area contributed by atoms with Crippen molar-refractivity contribution < 1.29 is 14.7 Å². The van der Waals surface area contributed by atoms with Crippen LogP contribution in [0.3, 0.4) is 0 Å². The molecule has 1 N–H and O–H groups in total. The minimum Gasteiger partial charge on any atom is -0.465 e.